The Kier molecular flexibility index (Phi) is 4.38. The first-order valence-electron chi connectivity index (χ1n) is 5.51. The molecule has 2 rings (SSSR count). The van der Waals surface area contributed by atoms with Gasteiger partial charge in [0.05, 0.1) is 15.7 Å². The van der Waals surface area contributed by atoms with Gasteiger partial charge in [0.15, 0.2) is 0 Å². The Morgan fingerprint density at radius 3 is 2.56 bits per heavy atom. The predicted octanol–water partition coefficient (Wildman–Crippen LogP) is 4.73. The highest BCUT2D eigenvalue weighted by Crippen LogP contribution is 2.29. The third kappa shape index (κ3) is 3.31. The van der Waals surface area contributed by atoms with Crippen molar-refractivity contribution in [3.05, 3.63) is 44.6 Å². The predicted molar refractivity (Wildman–Crippen MR) is 82.4 cm³/mol. The Morgan fingerprint density at radius 2 is 1.94 bits per heavy atom. The summed E-state index contributed by atoms with van der Waals surface area (Å²) in [6, 6.07) is 9.77. The Balaban J connectivity index is 2.15. The van der Waals surface area contributed by atoms with Crippen molar-refractivity contribution in [3.8, 4) is 0 Å². The molecule has 0 radical (unpaired) electrons. The largest absolute Gasteiger partial charge is 0.378 e. The lowest BCUT2D eigenvalue weighted by Gasteiger charge is -2.18. The van der Waals surface area contributed by atoms with Gasteiger partial charge in [-0.15, -0.1) is 11.3 Å². The second-order valence-electron chi connectivity index (χ2n) is 4.12. The molecule has 2 aromatic rings. The van der Waals surface area contributed by atoms with E-state index in [9.17, 15) is 0 Å². The van der Waals surface area contributed by atoms with Gasteiger partial charge in [0.25, 0.3) is 0 Å². The summed E-state index contributed by atoms with van der Waals surface area (Å²) < 4.78 is 0.811. The fourth-order valence-electron chi connectivity index (χ4n) is 1.67. The number of thiophene rings is 1. The van der Waals surface area contributed by atoms with Gasteiger partial charge in [-0.25, -0.2) is 0 Å². The monoisotopic (exact) mass is 300 g/mol. The lowest BCUT2D eigenvalue weighted by Crippen LogP contribution is -2.11. The Morgan fingerprint density at radius 1 is 1.17 bits per heavy atom. The average molecular weight is 301 g/mol. The summed E-state index contributed by atoms with van der Waals surface area (Å²) >= 11 is 13.5. The van der Waals surface area contributed by atoms with Crippen LogP contribution in [0.25, 0.3) is 0 Å². The highest BCUT2D eigenvalue weighted by Gasteiger charge is 2.06. The third-order valence-corrected chi connectivity index (χ3v) is 3.99. The van der Waals surface area contributed by atoms with Crippen LogP contribution in [0.2, 0.25) is 9.36 Å². The van der Waals surface area contributed by atoms with Crippen LogP contribution in [0.4, 0.5) is 11.4 Å². The van der Waals surface area contributed by atoms with E-state index in [1.54, 1.807) is 11.3 Å². The molecule has 1 aromatic heterocycles. The average Bonchev–Trinajstić information content (AvgIpc) is 2.72. The molecule has 2 nitrogen and oxygen atoms in total. The van der Waals surface area contributed by atoms with Crippen molar-refractivity contribution in [3.63, 3.8) is 0 Å². The zero-order chi connectivity index (χ0) is 13.1. The van der Waals surface area contributed by atoms with Gasteiger partial charge < -0.3 is 10.2 Å². The minimum Gasteiger partial charge on any atom is -0.378 e. The van der Waals surface area contributed by atoms with Gasteiger partial charge in [-0.3, -0.25) is 0 Å². The molecule has 0 aliphatic rings. The van der Waals surface area contributed by atoms with E-state index in [0.717, 1.165) is 27.3 Å². The first kappa shape index (κ1) is 13.5. The van der Waals surface area contributed by atoms with Crippen molar-refractivity contribution >= 4 is 45.9 Å². The van der Waals surface area contributed by atoms with Crippen LogP contribution < -0.4 is 10.2 Å². The zero-order valence-electron chi connectivity index (χ0n) is 10.2. The quantitative estimate of drug-likeness (QED) is 0.878. The van der Waals surface area contributed by atoms with Crippen molar-refractivity contribution in [1.82, 2.24) is 0 Å². The topological polar surface area (TPSA) is 15.3 Å². The fraction of sp³-hybridized carbons (Fsp3) is 0.231. The summed E-state index contributed by atoms with van der Waals surface area (Å²) in [6.07, 6.45) is 0. The minimum atomic E-state index is 0.729. The highest BCUT2D eigenvalue weighted by molar-refractivity contribution is 7.16. The molecule has 0 spiro atoms. The van der Waals surface area contributed by atoms with Crippen LogP contribution in [0.3, 0.4) is 0 Å². The molecule has 1 heterocycles. The maximum Gasteiger partial charge on any atom is 0.0931 e. The van der Waals surface area contributed by atoms with E-state index < -0.39 is 0 Å². The first-order valence-corrected chi connectivity index (χ1v) is 7.08. The van der Waals surface area contributed by atoms with Gasteiger partial charge >= 0.3 is 0 Å². The van der Waals surface area contributed by atoms with Crippen molar-refractivity contribution < 1.29 is 0 Å². The summed E-state index contributed by atoms with van der Waals surface area (Å²) in [4.78, 5) is 3.25. The van der Waals surface area contributed by atoms with Crippen molar-refractivity contribution in [2.24, 2.45) is 0 Å². The smallest absolute Gasteiger partial charge is 0.0931 e. The van der Waals surface area contributed by atoms with E-state index in [2.05, 4.69) is 10.2 Å². The van der Waals surface area contributed by atoms with Gasteiger partial charge in [0.2, 0.25) is 0 Å². The number of halogens is 2. The molecule has 0 aliphatic heterocycles. The zero-order valence-corrected chi connectivity index (χ0v) is 12.5. The van der Waals surface area contributed by atoms with E-state index >= 15 is 0 Å². The molecule has 0 saturated carbocycles. The maximum atomic E-state index is 6.03. The van der Waals surface area contributed by atoms with E-state index in [1.807, 2.05) is 44.4 Å². The van der Waals surface area contributed by atoms with E-state index in [0.29, 0.717) is 0 Å². The Hall–Kier alpha value is -0.900. The molecule has 1 aromatic carbocycles. The summed E-state index contributed by atoms with van der Waals surface area (Å²) in [7, 11) is 4.02. The van der Waals surface area contributed by atoms with Crippen LogP contribution in [0, 0.1) is 0 Å². The normalized spacial score (nSPS) is 10.4. The van der Waals surface area contributed by atoms with Crippen LogP contribution >= 0.6 is 34.5 Å². The molecule has 5 heteroatoms. The van der Waals surface area contributed by atoms with E-state index in [-0.39, 0.29) is 0 Å². The van der Waals surface area contributed by atoms with Gasteiger partial charge in [-0.05, 0) is 30.3 Å². The molecule has 0 bridgehead atoms. The molecule has 0 unspecified atom stereocenters. The molecule has 1 N–H and O–H groups in total. The molecule has 0 aliphatic carbocycles. The van der Waals surface area contributed by atoms with Gasteiger partial charge in [0, 0.05) is 30.5 Å². The maximum absolute atomic E-state index is 6.03. The SMILES string of the molecule is CN(C)c1ccc(Cl)cc1NCc1ccc(Cl)s1. The molecule has 0 saturated heterocycles. The lowest BCUT2D eigenvalue weighted by molar-refractivity contribution is 1.11. The second-order valence-corrected chi connectivity index (χ2v) is 6.35. The second kappa shape index (κ2) is 5.83. The van der Waals surface area contributed by atoms with Crippen molar-refractivity contribution in [2.45, 2.75) is 6.54 Å². The molecular weight excluding hydrogens is 287 g/mol. The van der Waals surface area contributed by atoms with Crippen LogP contribution in [0.15, 0.2) is 30.3 Å². The number of rotatable bonds is 4. The van der Waals surface area contributed by atoms with Crippen molar-refractivity contribution in [2.75, 3.05) is 24.3 Å². The summed E-state index contributed by atoms with van der Waals surface area (Å²) in [5, 5.41) is 4.12. The number of anilines is 2. The Bertz CT molecular complexity index is 538. The summed E-state index contributed by atoms with van der Waals surface area (Å²) in [5.41, 5.74) is 2.14. The first-order chi connectivity index (χ1) is 8.56. The number of nitrogens with zero attached hydrogens (tertiary/aromatic N) is 1. The van der Waals surface area contributed by atoms with Crippen LogP contribution in [-0.4, -0.2) is 14.1 Å². The summed E-state index contributed by atoms with van der Waals surface area (Å²) in [5.74, 6) is 0. The van der Waals surface area contributed by atoms with Crippen LogP contribution in [0.5, 0.6) is 0 Å². The van der Waals surface area contributed by atoms with E-state index in [4.69, 9.17) is 23.2 Å². The molecule has 96 valence electrons. The lowest BCUT2D eigenvalue weighted by atomic mass is 10.2. The third-order valence-electron chi connectivity index (χ3n) is 2.52. The minimum absolute atomic E-state index is 0.729. The number of benzene rings is 1. The van der Waals surface area contributed by atoms with Crippen molar-refractivity contribution in [1.29, 1.82) is 0 Å². The van der Waals surface area contributed by atoms with Crippen LogP contribution in [0.1, 0.15) is 4.88 Å². The number of nitrogens with one attached hydrogen (secondary N) is 1. The molecule has 0 fully saturated rings. The number of hydrogen-bond donors (Lipinski definition) is 1. The fourth-order valence-corrected chi connectivity index (χ4v) is 2.87. The Labute approximate surface area is 121 Å². The standard InChI is InChI=1S/C13H14Cl2N2S/c1-17(2)12-5-3-9(14)7-11(12)16-8-10-4-6-13(15)18-10/h3-7,16H,8H2,1-2H3. The highest BCUT2D eigenvalue weighted by atomic mass is 35.5. The van der Waals surface area contributed by atoms with Crippen LogP contribution in [-0.2, 0) is 6.54 Å². The van der Waals surface area contributed by atoms with Gasteiger partial charge in [-0.1, -0.05) is 23.2 Å². The molecule has 18 heavy (non-hydrogen) atoms. The van der Waals surface area contributed by atoms with E-state index in [1.165, 1.54) is 4.88 Å². The number of hydrogen-bond acceptors (Lipinski definition) is 3. The van der Waals surface area contributed by atoms with Gasteiger partial charge in [0.1, 0.15) is 0 Å². The van der Waals surface area contributed by atoms with Gasteiger partial charge in [-0.2, -0.15) is 0 Å². The molecule has 0 amide bonds. The summed E-state index contributed by atoms with van der Waals surface area (Å²) in [6.45, 7) is 0.749. The molecular formula is C13H14Cl2N2S. The molecule has 0 atom stereocenters.